The van der Waals surface area contributed by atoms with E-state index < -0.39 is 0 Å². The summed E-state index contributed by atoms with van der Waals surface area (Å²) >= 11 is 0. The molecule has 0 radical (unpaired) electrons. The van der Waals surface area contributed by atoms with Crippen LogP contribution in [-0.4, -0.2) is 4.98 Å². The number of hydrogen-bond acceptors (Lipinski definition) is 1. The van der Waals surface area contributed by atoms with E-state index in [9.17, 15) is 0 Å². The Morgan fingerprint density at radius 3 is 1.44 bits per heavy atom. The van der Waals surface area contributed by atoms with Crippen LogP contribution >= 0.6 is 0 Å². The SMILES string of the molecule is C.CC.CC(C)C(C)C.CC(C)c1ccccn1. The van der Waals surface area contributed by atoms with Crippen molar-refractivity contribution < 1.29 is 0 Å². The molecular weight excluding hydrogens is 218 g/mol. The van der Waals surface area contributed by atoms with Crippen LogP contribution in [0.15, 0.2) is 24.4 Å². The van der Waals surface area contributed by atoms with Crippen LogP contribution in [0.25, 0.3) is 0 Å². The van der Waals surface area contributed by atoms with Gasteiger partial charge in [-0.25, -0.2) is 0 Å². The van der Waals surface area contributed by atoms with Gasteiger partial charge in [0, 0.05) is 11.9 Å². The maximum absolute atomic E-state index is 4.18. The molecule has 1 nitrogen and oxygen atoms in total. The zero-order chi connectivity index (χ0) is 13.8. The number of nitrogens with zero attached hydrogens (tertiary/aromatic N) is 1. The van der Waals surface area contributed by atoms with E-state index in [0.29, 0.717) is 5.92 Å². The van der Waals surface area contributed by atoms with E-state index in [1.165, 1.54) is 0 Å². The fraction of sp³-hybridized carbons (Fsp3) is 0.706. The quantitative estimate of drug-likeness (QED) is 0.614. The molecule has 18 heavy (non-hydrogen) atoms. The van der Waals surface area contributed by atoms with Crippen LogP contribution in [0, 0.1) is 11.8 Å². The lowest BCUT2D eigenvalue weighted by atomic mass is 10.0. The number of pyridine rings is 1. The van der Waals surface area contributed by atoms with Gasteiger partial charge in [-0.05, 0) is 29.9 Å². The fourth-order valence-electron chi connectivity index (χ4n) is 0.717. The molecule has 0 aliphatic heterocycles. The molecule has 0 amide bonds. The van der Waals surface area contributed by atoms with Gasteiger partial charge in [0.1, 0.15) is 0 Å². The Labute approximate surface area is 116 Å². The molecule has 0 unspecified atom stereocenters. The van der Waals surface area contributed by atoms with Gasteiger partial charge < -0.3 is 0 Å². The minimum absolute atomic E-state index is 0. The summed E-state index contributed by atoms with van der Waals surface area (Å²) in [5.41, 5.74) is 1.16. The fourth-order valence-corrected chi connectivity index (χ4v) is 0.717. The molecule has 0 fully saturated rings. The third-order valence-corrected chi connectivity index (χ3v) is 2.61. The molecular formula is C17H35N. The predicted octanol–water partition coefficient (Wildman–Crippen LogP) is 6.17. The van der Waals surface area contributed by atoms with Gasteiger partial charge in [0.25, 0.3) is 0 Å². The summed E-state index contributed by atoms with van der Waals surface area (Å²) < 4.78 is 0. The normalized spacial score (nSPS) is 9.06. The molecule has 0 spiro atoms. The summed E-state index contributed by atoms with van der Waals surface area (Å²) in [6, 6.07) is 6.00. The zero-order valence-corrected chi connectivity index (χ0v) is 13.0. The molecule has 0 aliphatic rings. The van der Waals surface area contributed by atoms with Crippen LogP contribution < -0.4 is 0 Å². The van der Waals surface area contributed by atoms with Gasteiger partial charge in [-0.15, -0.1) is 0 Å². The average molecular weight is 253 g/mol. The largest absolute Gasteiger partial charge is 0.261 e. The smallest absolute Gasteiger partial charge is 0.0428 e. The summed E-state index contributed by atoms with van der Waals surface area (Å²) in [5.74, 6) is 2.25. The number of hydrogen-bond donors (Lipinski definition) is 0. The second kappa shape index (κ2) is 14.2. The average Bonchev–Trinajstić information content (AvgIpc) is 2.33. The van der Waals surface area contributed by atoms with E-state index >= 15 is 0 Å². The summed E-state index contributed by atoms with van der Waals surface area (Å²) in [4.78, 5) is 4.18. The predicted molar refractivity (Wildman–Crippen MR) is 86.1 cm³/mol. The Morgan fingerprint density at radius 1 is 0.833 bits per heavy atom. The first-order chi connectivity index (χ1) is 7.95. The molecule has 0 N–H and O–H groups in total. The van der Waals surface area contributed by atoms with Crippen molar-refractivity contribution in [1.82, 2.24) is 4.98 Å². The lowest BCUT2D eigenvalue weighted by Gasteiger charge is -2.05. The Bertz CT molecular complexity index is 231. The lowest BCUT2D eigenvalue weighted by molar-refractivity contribution is 0.457. The summed E-state index contributed by atoms with van der Waals surface area (Å²) in [6.07, 6.45) is 1.83. The van der Waals surface area contributed by atoms with E-state index in [-0.39, 0.29) is 7.43 Å². The second-order valence-corrected chi connectivity index (χ2v) is 4.90. The van der Waals surface area contributed by atoms with Crippen molar-refractivity contribution >= 4 is 0 Å². The molecule has 0 saturated heterocycles. The van der Waals surface area contributed by atoms with Crippen molar-refractivity contribution in [3.8, 4) is 0 Å². The van der Waals surface area contributed by atoms with Crippen molar-refractivity contribution in [3.63, 3.8) is 0 Å². The minimum atomic E-state index is 0. The Balaban J connectivity index is -0.000000222. The number of aromatic nitrogens is 1. The van der Waals surface area contributed by atoms with Crippen molar-refractivity contribution in [2.24, 2.45) is 11.8 Å². The minimum Gasteiger partial charge on any atom is -0.261 e. The highest BCUT2D eigenvalue weighted by atomic mass is 14.7. The van der Waals surface area contributed by atoms with Crippen molar-refractivity contribution in [1.29, 1.82) is 0 Å². The van der Waals surface area contributed by atoms with E-state index in [1.807, 2.05) is 38.2 Å². The third-order valence-electron chi connectivity index (χ3n) is 2.61. The van der Waals surface area contributed by atoms with E-state index in [0.717, 1.165) is 17.5 Å². The van der Waals surface area contributed by atoms with Crippen LogP contribution in [0.2, 0.25) is 0 Å². The van der Waals surface area contributed by atoms with Gasteiger partial charge in [-0.1, -0.05) is 68.9 Å². The second-order valence-electron chi connectivity index (χ2n) is 4.90. The van der Waals surface area contributed by atoms with Crippen molar-refractivity contribution in [3.05, 3.63) is 30.1 Å². The molecule has 108 valence electrons. The molecule has 0 aliphatic carbocycles. The molecule has 0 atom stereocenters. The van der Waals surface area contributed by atoms with Crippen LogP contribution in [0.5, 0.6) is 0 Å². The lowest BCUT2D eigenvalue weighted by Crippen LogP contribution is -1.95. The topological polar surface area (TPSA) is 12.9 Å². The molecule has 1 heteroatoms. The van der Waals surface area contributed by atoms with Crippen LogP contribution in [0.3, 0.4) is 0 Å². The highest BCUT2D eigenvalue weighted by molar-refractivity contribution is 5.06. The first-order valence-corrected chi connectivity index (χ1v) is 6.86. The van der Waals surface area contributed by atoms with Gasteiger partial charge >= 0.3 is 0 Å². The maximum Gasteiger partial charge on any atom is 0.0428 e. The monoisotopic (exact) mass is 253 g/mol. The van der Waals surface area contributed by atoms with Crippen molar-refractivity contribution in [2.75, 3.05) is 0 Å². The Morgan fingerprint density at radius 2 is 1.28 bits per heavy atom. The molecule has 1 aromatic rings. The number of rotatable bonds is 2. The highest BCUT2D eigenvalue weighted by Crippen LogP contribution is 2.08. The molecule has 1 rings (SSSR count). The molecule has 0 bridgehead atoms. The van der Waals surface area contributed by atoms with Gasteiger partial charge in [0.05, 0.1) is 0 Å². The van der Waals surface area contributed by atoms with E-state index in [1.54, 1.807) is 0 Å². The van der Waals surface area contributed by atoms with Crippen LogP contribution in [0.1, 0.15) is 74.4 Å². The van der Waals surface area contributed by atoms with E-state index in [2.05, 4.69) is 46.5 Å². The van der Waals surface area contributed by atoms with Gasteiger partial charge in [-0.2, -0.15) is 0 Å². The molecule has 0 saturated carbocycles. The third kappa shape index (κ3) is 13.2. The van der Waals surface area contributed by atoms with Gasteiger partial charge in [0.15, 0.2) is 0 Å². The maximum atomic E-state index is 4.18. The Kier molecular flexibility index (Phi) is 17.6. The van der Waals surface area contributed by atoms with Crippen LogP contribution in [0.4, 0.5) is 0 Å². The highest BCUT2D eigenvalue weighted by Gasteiger charge is 1.96. The standard InChI is InChI=1S/C8H11N.C6H14.C2H6.CH4/c1-7(2)8-5-3-4-6-9-8;1-5(2)6(3)4;1-2;/h3-7H,1-2H3;5-6H,1-4H3;1-2H3;1H4. The summed E-state index contributed by atoms with van der Waals surface area (Å²) in [5, 5.41) is 0. The van der Waals surface area contributed by atoms with Crippen molar-refractivity contribution in [2.45, 2.75) is 68.7 Å². The zero-order valence-electron chi connectivity index (χ0n) is 13.0. The molecule has 1 heterocycles. The first kappa shape index (κ1) is 22.3. The van der Waals surface area contributed by atoms with Gasteiger partial charge in [0.2, 0.25) is 0 Å². The molecule has 1 aromatic heterocycles. The van der Waals surface area contributed by atoms with Gasteiger partial charge in [-0.3, -0.25) is 4.98 Å². The Hall–Kier alpha value is -0.850. The van der Waals surface area contributed by atoms with E-state index in [4.69, 9.17) is 0 Å². The molecule has 0 aromatic carbocycles. The summed E-state index contributed by atoms with van der Waals surface area (Å²) in [6.45, 7) is 17.2. The first-order valence-electron chi connectivity index (χ1n) is 6.86. The summed E-state index contributed by atoms with van der Waals surface area (Å²) in [7, 11) is 0. The van der Waals surface area contributed by atoms with Crippen LogP contribution in [-0.2, 0) is 0 Å².